The average Bonchev–Trinajstić information content (AvgIpc) is 1.59. The van der Waals surface area contributed by atoms with Gasteiger partial charge in [-0.3, -0.25) is 0 Å². The Kier molecular flexibility index (Phi) is 2.78. The summed E-state index contributed by atoms with van der Waals surface area (Å²) in [5.74, 6) is 0. The molecule has 3 nitrogen and oxygen atoms in total. The smallest absolute Gasteiger partial charge is 0.310 e. The molecule has 0 rings (SSSR count). The fourth-order valence-corrected chi connectivity index (χ4v) is 4.09. The molecule has 0 heterocycles. The zero-order valence-electron chi connectivity index (χ0n) is 6.54. The van der Waals surface area contributed by atoms with Crippen molar-refractivity contribution >= 4 is 19.1 Å². The van der Waals surface area contributed by atoms with Crippen LogP contribution in [0.5, 0.6) is 0 Å². The van der Waals surface area contributed by atoms with Crippen LogP contribution in [0.15, 0.2) is 0 Å². The van der Waals surface area contributed by atoms with Gasteiger partial charge in [0.2, 0.25) is 0 Å². The maximum atomic E-state index is 11.0. The van der Waals surface area contributed by atoms with Gasteiger partial charge in [-0.15, -0.1) is 0 Å². The summed E-state index contributed by atoms with van der Waals surface area (Å²) >= 11 is 0. The van der Waals surface area contributed by atoms with Crippen LogP contribution in [0.3, 0.4) is 0 Å². The third kappa shape index (κ3) is 2.90. The van der Waals surface area contributed by atoms with E-state index in [1.807, 2.05) is 0 Å². The third-order valence-corrected chi connectivity index (χ3v) is 5.47. The lowest BCUT2D eigenvalue weighted by Crippen LogP contribution is -2.33. The SMILES string of the molecule is CC(C)(C)[S+]([O-])S(C)(=O)=O. The van der Waals surface area contributed by atoms with Gasteiger partial charge in [0, 0.05) is 0 Å². The second kappa shape index (κ2) is 2.71. The molecule has 5 heteroatoms. The summed E-state index contributed by atoms with van der Waals surface area (Å²) in [6.07, 6.45) is 0.981. The molecular formula is C5H12O3S2. The summed E-state index contributed by atoms with van der Waals surface area (Å²) in [6.45, 7) is 4.89. The van der Waals surface area contributed by atoms with Gasteiger partial charge in [0.05, 0.1) is 16.5 Å². The normalized spacial score (nSPS) is 16.9. The monoisotopic (exact) mass is 184 g/mol. The van der Waals surface area contributed by atoms with Crippen LogP contribution in [-0.2, 0) is 19.1 Å². The van der Waals surface area contributed by atoms with Crippen LogP contribution >= 0.6 is 0 Å². The van der Waals surface area contributed by atoms with Crippen LogP contribution < -0.4 is 0 Å². The van der Waals surface area contributed by atoms with Crippen LogP contribution in [0.25, 0.3) is 0 Å². The summed E-state index contributed by atoms with van der Waals surface area (Å²) in [4.78, 5) is 0. The Morgan fingerprint density at radius 2 is 1.60 bits per heavy atom. The molecule has 0 fully saturated rings. The van der Waals surface area contributed by atoms with E-state index in [0.717, 1.165) is 6.26 Å². The molecule has 0 spiro atoms. The number of hydrogen-bond acceptors (Lipinski definition) is 3. The average molecular weight is 184 g/mol. The summed E-state index contributed by atoms with van der Waals surface area (Å²) in [5.41, 5.74) is 0. The van der Waals surface area contributed by atoms with Gasteiger partial charge in [0.25, 0.3) is 0 Å². The van der Waals surface area contributed by atoms with Gasteiger partial charge in [-0.1, -0.05) is 0 Å². The highest BCUT2D eigenvalue weighted by Crippen LogP contribution is 2.20. The maximum Gasteiger partial charge on any atom is 0.310 e. The molecule has 0 bridgehead atoms. The Labute approximate surface area is 64.3 Å². The molecule has 10 heavy (non-hydrogen) atoms. The van der Waals surface area contributed by atoms with Gasteiger partial charge < -0.3 is 4.55 Å². The summed E-state index contributed by atoms with van der Waals surface area (Å²) < 4.78 is 31.7. The molecule has 0 aromatic heterocycles. The molecule has 0 aromatic rings. The lowest BCUT2D eigenvalue weighted by atomic mass is 10.3. The van der Waals surface area contributed by atoms with E-state index in [0.29, 0.717) is 0 Å². The molecule has 0 saturated carbocycles. The van der Waals surface area contributed by atoms with Gasteiger partial charge in [0.1, 0.15) is 4.75 Å². The van der Waals surface area contributed by atoms with Crippen LogP contribution in [-0.4, -0.2) is 24.0 Å². The molecular weight excluding hydrogens is 172 g/mol. The van der Waals surface area contributed by atoms with Gasteiger partial charge in [0.15, 0.2) is 0 Å². The second-order valence-corrected chi connectivity index (χ2v) is 8.88. The zero-order valence-corrected chi connectivity index (χ0v) is 8.17. The largest absolute Gasteiger partial charge is 0.601 e. The molecule has 0 aliphatic carbocycles. The van der Waals surface area contributed by atoms with Gasteiger partial charge in [-0.2, -0.15) is 8.42 Å². The van der Waals surface area contributed by atoms with Crippen molar-refractivity contribution in [3.8, 4) is 0 Å². The summed E-state index contributed by atoms with van der Waals surface area (Å²) in [6, 6.07) is 0. The van der Waals surface area contributed by atoms with Crippen LogP contribution in [0.2, 0.25) is 0 Å². The zero-order chi connectivity index (χ0) is 8.58. The Morgan fingerprint density at radius 1 is 1.30 bits per heavy atom. The van der Waals surface area contributed by atoms with Crippen molar-refractivity contribution in [1.29, 1.82) is 0 Å². The minimum atomic E-state index is -3.39. The molecule has 0 radical (unpaired) electrons. The predicted molar refractivity (Wildman–Crippen MR) is 42.7 cm³/mol. The molecule has 0 aromatic carbocycles. The molecule has 0 N–H and O–H groups in total. The van der Waals surface area contributed by atoms with Gasteiger partial charge in [-0.05, 0) is 20.8 Å². The Morgan fingerprint density at radius 3 is 1.60 bits per heavy atom. The second-order valence-electron chi connectivity index (χ2n) is 3.05. The maximum absolute atomic E-state index is 11.0. The Hall–Kier alpha value is 0.260. The van der Waals surface area contributed by atoms with Crippen molar-refractivity contribution in [3.63, 3.8) is 0 Å². The van der Waals surface area contributed by atoms with Crippen LogP contribution in [0.4, 0.5) is 0 Å². The standard InChI is InChI=1S/C5H12O3S2/c1-5(2,3)9(6)10(4,7)8/h1-4H3. The van der Waals surface area contributed by atoms with Crippen molar-refractivity contribution in [1.82, 2.24) is 0 Å². The first-order valence-electron chi connectivity index (χ1n) is 2.78. The third-order valence-electron chi connectivity index (χ3n) is 0.775. The molecule has 0 amide bonds. The van der Waals surface area contributed by atoms with E-state index in [-0.39, 0.29) is 0 Å². The number of hydrogen-bond donors (Lipinski definition) is 0. The fourth-order valence-electron chi connectivity index (χ4n) is 0.454. The van der Waals surface area contributed by atoms with E-state index >= 15 is 0 Å². The van der Waals surface area contributed by atoms with E-state index in [1.54, 1.807) is 20.8 Å². The minimum absolute atomic E-state index is 0.673. The first-order chi connectivity index (χ1) is 4.15. The van der Waals surface area contributed by atoms with E-state index in [4.69, 9.17) is 0 Å². The lowest BCUT2D eigenvalue weighted by molar-refractivity contribution is 0.561. The topological polar surface area (TPSA) is 57.2 Å². The molecule has 62 valence electrons. The van der Waals surface area contributed by atoms with E-state index < -0.39 is 23.8 Å². The lowest BCUT2D eigenvalue weighted by Gasteiger charge is -2.20. The highest BCUT2D eigenvalue weighted by atomic mass is 33.2. The highest BCUT2D eigenvalue weighted by molar-refractivity contribution is 8.67. The first kappa shape index (κ1) is 10.3. The molecule has 1 atom stereocenters. The quantitative estimate of drug-likeness (QED) is 0.440. The molecule has 0 saturated heterocycles. The summed E-state index contributed by atoms with van der Waals surface area (Å²) in [7, 11) is -5.17. The van der Waals surface area contributed by atoms with Gasteiger partial charge >= 0.3 is 8.87 Å². The Bertz CT molecular complexity index is 199. The van der Waals surface area contributed by atoms with Crippen LogP contribution in [0, 0.1) is 0 Å². The predicted octanol–water partition coefficient (Wildman–Crippen LogP) is 0.493. The first-order valence-corrected chi connectivity index (χ1v) is 6.34. The van der Waals surface area contributed by atoms with Crippen LogP contribution in [0.1, 0.15) is 20.8 Å². The highest BCUT2D eigenvalue weighted by Gasteiger charge is 2.34. The number of rotatable bonds is 1. The van der Waals surface area contributed by atoms with E-state index in [9.17, 15) is 13.0 Å². The molecule has 0 aliphatic heterocycles. The van der Waals surface area contributed by atoms with Crippen molar-refractivity contribution < 1.29 is 13.0 Å². The molecule has 0 aliphatic rings. The minimum Gasteiger partial charge on any atom is -0.601 e. The summed E-state index contributed by atoms with van der Waals surface area (Å²) in [5, 5.41) is 0. The fraction of sp³-hybridized carbons (Fsp3) is 1.00. The van der Waals surface area contributed by atoms with E-state index in [1.165, 1.54) is 0 Å². The van der Waals surface area contributed by atoms with Crippen molar-refractivity contribution in [2.24, 2.45) is 0 Å². The molecule has 1 unspecified atom stereocenters. The van der Waals surface area contributed by atoms with E-state index in [2.05, 4.69) is 0 Å². The Balaban J connectivity index is 4.56. The van der Waals surface area contributed by atoms with Gasteiger partial charge in [-0.25, -0.2) is 0 Å². The van der Waals surface area contributed by atoms with Crippen molar-refractivity contribution in [2.75, 3.05) is 6.26 Å². The van der Waals surface area contributed by atoms with Crippen molar-refractivity contribution in [3.05, 3.63) is 0 Å². The van der Waals surface area contributed by atoms with Crippen molar-refractivity contribution in [2.45, 2.75) is 25.5 Å².